The molecule has 0 saturated heterocycles. The van der Waals surface area contributed by atoms with Crippen molar-refractivity contribution in [2.24, 2.45) is 0 Å². The van der Waals surface area contributed by atoms with Crippen LogP contribution in [-0.4, -0.2) is 19.6 Å². The Kier molecular flexibility index (Phi) is 3.51. The Labute approximate surface area is 123 Å². The first-order valence-corrected chi connectivity index (χ1v) is 8.31. The van der Waals surface area contributed by atoms with Crippen LogP contribution in [0.3, 0.4) is 0 Å². The van der Waals surface area contributed by atoms with Gasteiger partial charge in [0.25, 0.3) is 0 Å². The summed E-state index contributed by atoms with van der Waals surface area (Å²) in [5.74, 6) is -0.455. The van der Waals surface area contributed by atoms with Crippen LogP contribution in [0.4, 0.5) is 5.69 Å². The van der Waals surface area contributed by atoms with Crippen molar-refractivity contribution in [1.29, 1.82) is 0 Å². The molecular weight excluding hydrogens is 286 g/mol. The molecule has 1 N–H and O–H groups in total. The van der Waals surface area contributed by atoms with Crippen LogP contribution < -0.4 is 5.32 Å². The molecule has 21 heavy (non-hydrogen) atoms. The van der Waals surface area contributed by atoms with Crippen LogP contribution in [0, 0.1) is 0 Å². The number of benzene rings is 2. The van der Waals surface area contributed by atoms with E-state index in [-0.39, 0.29) is 4.90 Å². The van der Waals surface area contributed by atoms with Gasteiger partial charge in [-0.3, -0.25) is 4.79 Å². The van der Waals surface area contributed by atoms with E-state index in [2.05, 4.69) is 5.32 Å². The van der Waals surface area contributed by atoms with Gasteiger partial charge in [0.15, 0.2) is 9.84 Å². The average molecular weight is 301 g/mol. The molecule has 0 bridgehead atoms. The van der Waals surface area contributed by atoms with Gasteiger partial charge in [0, 0.05) is 5.69 Å². The van der Waals surface area contributed by atoms with Crippen molar-refractivity contribution in [3.05, 3.63) is 60.2 Å². The first kappa shape index (κ1) is 13.8. The van der Waals surface area contributed by atoms with Crippen LogP contribution in [0.1, 0.15) is 12.0 Å². The van der Waals surface area contributed by atoms with E-state index in [1.54, 1.807) is 24.3 Å². The largest absolute Gasteiger partial charge is 0.325 e. The third kappa shape index (κ3) is 2.56. The standard InChI is InChI=1S/C16H15NO3S/c18-16-15(21(19,20)13-7-2-1-3-8-13)11-10-12-6-4-5-9-14(12)17-16/h1-9,15H,10-11H2,(H,17,18)/t15-/m0/s1. The van der Waals surface area contributed by atoms with E-state index in [4.69, 9.17) is 0 Å². The van der Waals surface area contributed by atoms with Crippen molar-refractivity contribution in [3.63, 3.8) is 0 Å². The van der Waals surface area contributed by atoms with Gasteiger partial charge in [-0.2, -0.15) is 0 Å². The molecule has 1 heterocycles. The van der Waals surface area contributed by atoms with Crippen LogP contribution in [0.5, 0.6) is 0 Å². The lowest BCUT2D eigenvalue weighted by atomic mass is 10.1. The predicted molar refractivity (Wildman–Crippen MR) is 80.8 cm³/mol. The van der Waals surface area contributed by atoms with Crippen molar-refractivity contribution in [2.75, 3.05) is 5.32 Å². The average Bonchev–Trinajstić information content (AvgIpc) is 2.66. The summed E-state index contributed by atoms with van der Waals surface area (Å²) in [6.45, 7) is 0. The maximum absolute atomic E-state index is 12.6. The zero-order valence-electron chi connectivity index (χ0n) is 11.3. The maximum atomic E-state index is 12.6. The molecule has 2 aromatic carbocycles. The molecule has 2 aromatic rings. The number of sulfone groups is 1. The molecule has 0 fully saturated rings. The smallest absolute Gasteiger partial charge is 0.243 e. The van der Waals surface area contributed by atoms with Gasteiger partial charge in [0.2, 0.25) is 5.91 Å². The number of aryl methyl sites for hydroxylation is 1. The van der Waals surface area contributed by atoms with E-state index in [0.717, 1.165) is 5.56 Å². The summed E-state index contributed by atoms with van der Waals surface area (Å²) in [5, 5.41) is 1.68. The van der Waals surface area contributed by atoms with E-state index < -0.39 is 21.0 Å². The van der Waals surface area contributed by atoms with Gasteiger partial charge in [-0.05, 0) is 36.6 Å². The topological polar surface area (TPSA) is 63.2 Å². The van der Waals surface area contributed by atoms with E-state index in [0.29, 0.717) is 18.5 Å². The Hall–Kier alpha value is -2.14. The SMILES string of the molecule is O=C1Nc2ccccc2CC[C@@H]1S(=O)(=O)c1ccccc1. The second-order valence-electron chi connectivity index (χ2n) is 5.03. The summed E-state index contributed by atoms with van der Waals surface area (Å²) < 4.78 is 25.3. The predicted octanol–water partition coefficient (Wildman–Crippen LogP) is 2.41. The Morgan fingerprint density at radius 1 is 0.952 bits per heavy atom. The Balaban J connectivity index is 1.96. The van der Waals surface area contributed by atoms with Crippen LogP contribution in [0.2, 0.25) is 0 Å². The highest BCUT2D eigenvalue weighted by molar-refractivity contribution is 7.92. The summed E-state index contributed by atoms with van der Waals surface area (Å²) in [6, 6.07) is 15.6. The normalized spacial score (nSPS) is 18.5. The van der Waals surface area contributed by atoms with Crippen LogP contribution in [-0.2, 0) is 21.1 Å². The minimum Gasteiger partial charge on any atom is -0.325 e. The molecule has 0 spiro atoms. The van der Waals surface area contributed by atoms with Crippen molar-refractivity contribution in [3.8, 4) is 0 Å². The van der Waals surface area contributed by atoms with Crippen molar-refractivity contribution in [2.45, 2.75) is 23.0 Å². The molecule has 4 nitrogen and oxygen atoms in total. The lowest BCUT2D eigenvalue weighted by Crippen LogP contribution is -2.34. The van der Waals surface area contributed by atoms with Crippen molar-refractivity contribution in [1.82, 2.24) is 0 Å². The third-order valence-corrected chi connectivity index (χ3v) is 5.82. The zero-order valence-corrected chi connectivity index (χ0v) is 12.1. The Bertz CT molecular complexity index is 769. The molecule has 108 valence electrons. The lowest BCUT2D eigenvalue weighted by Gasteiger charge is -2.14. The number of nitrogens with one attached hydrogen (secondary N) is 1. The molecule has 5 heteroatoms. The van der Waals surface area contributed by atoms with E-state index in [1.165, 1.54) is 12.1 Å². The number of hydrogen-bond donors (Lipinski definition) is 1. The molecule has 1 aliphatic heterocycles. The number of hydrogen-bond acceptors (Lipinski definition) is 3. The highest BCUT2D eigenvalue weighted by atomic mass is 32.2. The molecule has 3 rings (SSSR count). The van der Waals surface area contributed by atoms with Gasteiger partial charge in [-0.1, -0.05) is 36.4 Å². The minimum absolute atomic E-state index is 0.191. The second kappa shape index (κ2) is 5.33. The van der Waals surface area contributed by atoms with E-state index >= 15 is 0 Å². The van der Waals surface area contributed by atoms with Gasteiger partial charge in [-0.15, -0.1) is 0 Å². The fourth-order valence-electron chi connectivity index (χ4n) is 2.56. The Morgan fingerprint density at radius 2 is 1.62 bits per heavy atom. The number of carbonyl (C=O) groups is 1. The first-order valence-electron chi connectivity index (χ1n) is 6.77. The summed E-state index contributed by atoms with van der Waals surface area (Å²) in [6.07, 6.45) is 0.853. The second-order valence-corrected chi connectivity index (χ2v) is 7.16. The van der Waals surface area contributed by atoms with Crippen molar-refractivity contribution < 1.29 is 13.2 Å². The number of rotatable bonds is 2. The van der Waals surface area contributed by atoms with Gasteiger partial charge in [0.1, 0.15) is 5.25 Å². The van der Waals surface area contributed by atoms with Crippen LogP contribution >= 0.6 is 0 Å². The number of carbonyl (C=O) groups excluding carboxylic acids is 1. The third-order valence-electron chi connectivity index (χ3n) is 3.69. The summed E-state index contributed by atoms with van der Waals surface area (Å²) in [5.41, 5.74) is 1.67. The Morgan fingerprint density at radius 3 is 2.38 bits per heavy atom. The summed E-state index contributed by atoms with van der Waals surface area (Å²) >= 11 is 0. The van der Waals surface area contributed by atoms with Crippen LogP contribution in [0.25, 0.3) is 0 Å². The van der Waals surface area contributed by atoms with Gasteiger partial charge < -0.3 is 5.32 Å². The molecule has 0 aromatic heterocycles. The highest BCUT2D eigenvalue weighted by Crippen LogP contribution is 2.27. The molecule has 0 radical (unpaired) electrons. The molecule has 0 aliphatic carbocycles. The number of fused-ring (bicyclic) bond motifs is 1. The van der Waals surface area contributed by atoms with Gasteiger partial charge in [0.05, 0.1) is 4.90 Å². The summed E-state index contributed by atoms with van der Waals surface area (Å²) in [4.78, 5) is 12.5. The fourth-order valence-corrected chi connectivity index (χ4v) is 4.20. The molecule has 0 saturated carbocycles. The van der Waals surface area contributed by atoms with Gasteiger partial charge in [-0.25, -0.2) is 8.42 Å². The highest BCUT2D eigenvalue weighted by Gasteiger charge is 2.35. The molecule has 1 aliphatic rings. The number of amides is 1. The fraction of sp³-hybridized carbons (Fsp3) is 0.188. The summed E-state index contributed by atoms with van der Waals surface area (Å²) in [7, 11) is -3.66. The molecular formula is C16H15NO3S. The molecule has 1 amide bonds. The number of anilines is 1. The zero-order chi connectivity index (χ0) is 14.9. The van der Waals surface area contributed by atoms with Crippen LogP contribution in [0.15, 0.2) is 59.5 Å². The first-order chi connectivity index (χ1) is 10.1. The van der Waals surface area contributed by atoms with Crippen molar-refractivity contribution >= 4 is 21.4 Å². The number of para-hydroxylation sites is 1. The lowest BCUT2D eigenvalue weighted by molar-refractivity contribution is -0.115. The monoisotopic (exact) mass is 301 g/mol. The minimum atomic E-state index is -3.66. The van der Waals surface area contributed by atoms with E-state index in [1.807, 2.05) is 18.2 Å². The molecule has 0 unspecified atom stereocenters. The van der Waals surface area contributed by atoms with Gasteiger partial charge >= 0.3 is 0 Å². The quantitative estimate of drug-likeness (QED) is 0.926. The van der Waals surface area contributed by atoms with E-state index in [9.17, 15) is 13.2 Å². The maximum Gasteiger partial charge on any atom is 0.243 e. The molecule has 1 atom stereocenters.